The van der Waals surface area contributed by atoms with E-state index in [4.69, 9.17) is 28.9 Å². The van der Waals surface area contributed by atoms with Crippen molar-refractivity contribution in [3.05, 3.63) is 33.8 Å². The van der Waals surface area contributed by atoms with E-state index in [1.807, 2.05) is 12.1 Å². The Morgan fingerprint density at radius 1 is 1.29 bits per heavy atom. The number of hydrogen-bond donors (Lipinski definition) is 3. The van der Waals surface area contributed by atoms with Crippen LogP contribution in [0, 0.1) is 0 Å². The second-order valence-electron chi connectivity index (χ2n) is 3.47. The topological polar surface area (TPSA) is 79.6 Å². The Hall–Kier alpha value is -1.46. The molecule has 1 aromatic carbocycles. The van der Waals surface area contributed by atoms with Gasteiger partial charge in [0.25, 0.3) is 0 Å². The number of nitrogens with two attached hydrogens (primary N) is 1. The fourth-order valence-corrected chi connectivity index (χ4v) is 1.69. The summed E-state index contributed by atoms with van der Waals surface area (Å²) in [7, 11) is 0. The third-order valence-corrected chi connectivity index (χ3v) is 2.92. The van der Waals surface area contributed by atoms with Gasteiger partial charge in [0.15, 0.2) is 0 Å². The minimum absolute atomic E-state index is 0.294. The standard InChI is InChI=1S/C10H11Cl2N5/c11-7-2-1-6(5-8(7)12)3-4-14-10-15-9(13)16-17-10/h1-2,5H,3-4H2,(H4,13,14,15,16,17). The Labute approximate surface area is 108 Å². The van der Waals surface area contributed by atoms with Crippen LogP contribution in [0.4, 0.5) is 11.9 Å². The van der Waals surface area contributed by atoms with Crippen molar-refractivity contribution in [2.24, 2.45) is 0 Å². The molecule has 0 fully saturated rings. The largest absolute Gasteiger partial charge is 0.368 e. The molecule has 0 aliphatic carbocycles. The fraction of sp³-hybridized carbons (Fsp3) is 0.200. The molecule has 0 saturated heterocycles. The maximum absolute atomic E-state index is 5.91. The molecule has 0 bridgehead atoms. The molecule has 0 amide bonds. The first-order valence-corrected chi connectivity index (χ1v) is 5.76. The SMILES string of the molecule is Nc1nc(NCCc2ccc(Cl)c(Cl)c2)n[nH]1. The molecule has 0 radical (unpaired) electrons. The fourth-order valence-electron chi connectivity index (χ4n) is 1.37. The van der Waals surface area contributed by atoms with Crippen LogP contribution in [0.5, 0.6) is 0 Å². The van der Waals surface area contributed by atoms with Gasteiger partial charge in [-0.15, -0.1) is 5.10 Å². The van der Waals surface area contributed by atoms with Crippen LogP contribution in [-0.2, 0) is 6.42 Å². The average molecular weight is 272 g/mol. The van der Waals surface area contributed by atoms with E-state index in [9.17, 15) is 0 Å². The Bertz CT molecular complexity index is 511. The molecule has 1 heterocycles. The Morgan fingerprint density at radius 3 is 2.76 bits per heavy atom. The van der Waals surface area contributed by atoms with Crippen LogP contribution in [0.3, 0.4) is 0 Å². The molecule has 0 aliphatic rings. The number of rotatable bonds is 4. The summed E-state index contributed by atoms with van der Waals surface area (Å²) in [6.45, 7) is 0.690. The van der Waals surface area contributed by atoms with E-state index in [0.717, 1.165) is 12.0 Å². The number of aromatic amines is 1. The molecule has 0 atom stereocenters. The molecule has 0 spiro atoms. The Balaban J connectivity index is 1.87. The van der Waals surface area contributed by atoms with Gasteiger partial charge < -0.3 is 11.1 Å². The predicted octanol–water partition coefficient (Wildman–Crippen LogP) is 2.35. The normalized spacial score (nSPS) is 10.5. The first-order chi connectivity index (χ1) is 8.15. The van der Waals surface area contributed by atoms with E-state index < -0.39 is 0 Å². The zero-order valence-electron chi connectivity index (χ0n) is 8.87. The van der Waals surface area contributed by atoms with Crippen LogP contribution in [0.25, 0.3) is 0 Å². The van der Waals surface area contributed by atoms with Gasteiger partial charge >= 0.3 is 0 Å². The van der Waals surface area contributed by atoms with E-state index in [1.54, 1.807) is 6.07 Å². The smallest absolute Gasteiger partial charge is 0.243 e. The number of hydrogen-bond acceptors (Lipinski definition) is 4. The summed E-state index contributed by atoms with van der Waals surface area (Å²) in [5.41, 5.74) is 6.49. The molecule has 1 aromatic heterocycles. The van der Waals surface area contributed by atoms with Gasteiger partial charge in [-0.1, -0.05) is 29.3 Å². The van der Waals surface area contributed by atoms with Gasteiger partial charge in [-0.25, -0.2) is 5.10 Å². The third kappa shape index (κ3) is 3.25. The van der Waals surface area contributed by atoms with E-state index in [-0.39, 0.29) is 0 Å². The van der Waals surface area contributed by atoms with Crippen LogP contribution in [0.15, 0.2) is 18.2 Å². The van der Waals surface area contributed by atoms with E-state index >= 15 is 0 Å². The van der Waals surface area contributed by atoms with E-state index in [2.05, 4.69) is 20.5 Å². The first-order valence-electron chi connectivity index (χ1n) is 5.01. The van der Waals surface area contributed by atoms with E-state index in [0.29, 0.717) is 28.5 Å². The lowest BCUT2D eigenvalue weighted by molar-refractivity contribution is 0.985. The molecule has 0 unspecified atom stereocenters. The van der Waals surface area contributed by atoms with Gasteiger partial charge in [-0.3, -0.25) is 0 Å². The minimum atomic E-state index is 0.294. The van der Waals surface area contributed by atoms with Gasteiger partial charge in [0.2, 0.25) is 11.9 Å². The van der Waals surface area contributed by atoms with E-state index in [1.165, 1.54) is 0 Å². The molecule has 4 N–H and O–H groups in total. The van der Waals surface area contributed by atoms with Gasteiger partial charge in [0.1, 0.15) is 0 Å². The van der Waals surface area contributed by atoms with Crippen LogP contribution in [0.1, 0.15) is 5.56 Å². The number of nitrogen functional groups attached to an aromatic ring is 1. The molecule has 0 saturated carbocycles. The van der Waals surface area contributed by atoms with Crippen molar-refractivity contribution in [2.45, 2.75) is 6.42 Å². The Kier molecular flexibility index (Phi) is 3.71. The van der Waals surface area contributed by atoms with Gasteiger partial charge in [0, 0.05) is 6.54 Å². The molecule has 2 aromatic rings. The molecule has 2 rings (SSSR count). The van der Waals surface area contributed by atoms with Crippen molar-refractivity contribution in [2.75, 3.05) is 17.6 Å². The number of anilines is 2. The Morgan fingerprint density at radius 2 is 2.12 bits per heavy atom. The summed E-state index contributed by atoms with van der Waals surface area (Å²) in [6.07, 6.45) is 0.797. The summed E-state index contributed by atoms with van der Waals surface area (Å²) in [4.78, 5) is 3.93. The zero-order chi connectivity index (χ0) is 12.3. The second kappa shape index (κ2) is 5.25. The highest BCUT2D eigenvalue weighted by atomic mass is 35.5. The summed E-state index contributed by atoms with van der Waals surface area (Å²) in [5, 5.41) is 10.6. The average Bonchev–Trinajstić information content (AvgIpc) is 2.70. The van der Waals surface area contributed by atoms with Gasteiger partial charge in [-0.2, -0.15) is 4.98 Å². The summed E-state index contributed by atoms with van der Waals surface area (Å²) in [5.74, 6) is 0.782. The van der Waals surface area contributed by atoms with Crippen molar-refractivity contribution in [3.8, 4) is 0 Å². The number of halogens is 2. The lowest BCUT2D eigenvalue weighted by Crippen LogP contribution is -2.06. The third-order valence-electron chi connectivity index (χ3n) is 2.18. The number of H-pyrrole nitrogens is 1. The summed E-state index contributed by atoms with van der Waals surface area (Å²) in [6, 6.07) is 5.56. The van der Waals surface area contributed by atoms with Gasteiger partial charge in [-0.05, 0) is 24.1 Å². The molecule has 0 aliphatic heterocycles. The second-order valence-corrected chi connectivity index (χ2v) is 4.28. The predicted molar refractivity (Wildman–Crippen MR) is 69.5 cm³/mol. The zero-order valence-corrected chi connectivity index (χ0v) is 10.4. The number of aromatic nitrogens is 3. The van der Waals surface area contributed by atoms with Crippen LogP contribution < -0.4 is 11.1 Å². The maximum Gasteiger partial charge on any atom is 0.243 e. The molecular weight excluding hydrogens is 261 g/mol. The van der Waals surface area contributed by atoms with Gasteiger partial charge in [0.05, 0.1) is 10.0 Å². The quantitative estimate of drug-likeness (QED) is 0.798. The van der Waals surface area contributed by atoms with Crippen molar-refractivity contribution in [3.63, 3.8) is 0 Å². The highest BCUT2D eigenvalue weighted by molar-refractivity contribution is 6.42. The summed E-state index contributed by atoms with van der Waals surface area (Å²) < 4.78 is 0. The lowest BCUT2D eigenvalue weighted by atomic mass is 10.1. The monoisotopic (exact) mass is 271 g/mol. The number of benzene rings is 1. The van der Waals surface area contributed by atoms with Crippen molar-refractivity contribution >= 4 is 35.1 Å². The highest BCUT2D eigenvalue weighted by Gasteiger charge is 2.01. The highest BCUT2D eigenvalue weighted by Crippen LogP contribution is 2.22. The van der Waals surface area contributed by atoms with Crippen molar-refractivity contribution in [1.82, 2.24) is 15.2 Å². The first kappa shape index (κ1) is 12.0. The van der Waals surface area contributed by atoms with Crippen LogP contribution in [0.2, 0.25) is 10.0 Å². The molecule has 5 nitrogen and oxygen atoms in total. The molecule has 7 heteroatoms. The number of nitrogens with zero attached hydrogens (tertiary/aromatic N) is 2. The van der Waals surface area contributed by atoms with Crippen molar-refractivity contribution < 1.29 is 0 Å². The molecule has 90 valence electrons. The summed E-state index contributed by atoms with van der Waals surface area (Å²) >= 11 is 11.7. The lowest BCUT2D eigenvalue weighted by Gasteiger charge is -2.03. The van der Waals surface area contributed by atoms with Crippen LogP contribution in [-0.4, -0.2) is 21.7 Å². The molecular formula is C10H11Cl2N5. The maximum atomic E-state index is 5.91. The number of nitrogens with one attached hydrogen (secondary N) is 2. The minimum Gasteiger partial charge on any atom is -0.368 e. The van der Waals surface area contributed by atoms with Crippen molar-refractivity contribution in [1.29, 1.82) is 0 Å². The molecule has 17 heavy (non-hydrogen) atoms. The van der Waals surface area contributed by atoms with Crippen LogP contribution >= 0.6 is 23.2 Å².